The van der Waals surface area contributed by atoms with Crippen LogP contribution in [0.25, 0.3) is 0 Å². The van der Waals surface area contributed by atoms with E-state index < -0.39 is 17.9 Å². The Kier molecular flexibility index (Phi) is 2.95. The fourth-order valence-electron chi connectivity index (χ4n) is 1.68. The lowest BCUT2D eigenvalue weighted by Gasteiger charge is -2.15. The van der Waals surface area contributed by atoms with Gasteiger partial charge in [0.15, 0.2) is 0 Å². The van der Waals surface area contributed by atoms with Crippen LogP contribution in [0.4, 0.5) is 5.82 Å². The van der Waals surface area contributed by atoms with Crippen molar-refractivity contribution in [3.05, 3.63) is 23.9 Å². The Bertz CT molecular complexity index is 457. The number of pyridine rings is 1. The van der Waals surface area contributed by atoms with E-state index in [0.717, 1.165) is 12.8 Å². The molecule has 1 aliphatic rings. The first-order chi connectivity index (χ1) is 8.09. The molecule has 1 saturated carbocycles. The van der Waals surface area contributed by atoms with Crippen LogP contribution >= 0.6 is 0 Å². The number of nitrogens with one attached hydrogen (secondary N) is 1. The zero-order valence-electron chi connectivity index (χ0n) is 9.09. The first-order valence-corrected chi connectivity index (χ1v) is 5.33. The van der Waals surface area contributed by atoms with Crippen LogP contribution in [0.5, 0.6) is 0 Å². The van der Waals surface area contributed by atoms with E-state index in [1.165, 1.54) is 12.3 Å². The summed E-state index contributed by atoms with van der Waals surface area (Å²) in [6.07, 6.45) is 3.24. The van der Waals surface area contributed by atoms with E-state index in [4.69, 9.17) is 10.8 Å². The van der Waals surface area contributed by atoms with Crippen LogP contribution in [0.1, 0.15) is 23.2 Å². The Morgan fingerprint density at radius 2 is 2.24 bits per heavy atom. The van der Waals surface area contributed by atoms with Crippen molar-refractivity contribution in [1.29, 1.82) is 0 Å². The predicted molar refractivity (Wildman–Crippen MR) is 60.5 cm³/mol. The highest BCUT2D eigenvalue weighted by atomic mass is 16.4. The number of carbonyl (C=O) groups is 2. The molecule has 0 aromatic carbocycles. The lowest BCUT2D eigenvalue weighted by atomic mass is 10.1. The zero-order chi connectivity index (χ0) is 12.4. The molecule has 1 fully saturated rings. The molecule has 90 valence electrons. The molecule has 17 heavy (non-hydrogen) atoms. The fourth-order valence-corrected chi connectivity index (χ4v) is 1.68. The van der Waals surface area contributed by atoms with Gasteiger partial charge in [0.2, 0.25) is 0 Å². The SMILES string of the molecule is NC(=O)c1cccnc1NC(C(=O)O)C1CC1. The first kappa shape index (κ1) is 11.4. The van der Waals surface area contributed by atoms with Crippen LogP contribution in [0.3, 0.4) is 0 Å². The Morgan fingerprint density at radius 1 is 1.53 bits per heavy atom. The van der Waals surface area contributed by atoms with Crippen molar-refractivity contribution in [1.82, 2.24) is 4.98 Å². The Balaban J connectivity index is 2.22. The molecule has 6 heteroatoms. The van der Waals surface area contributed by atoms with Crippen LogP contribution in [0, 0.1) is 5.92 Å². The van der Waals surface area contributed by atoms with Gasteiger partial charge in [-0.3, -0.25) is 4.79 Å². The lowest BCUT2D eigenvalue weighted by molar-refractivity contribution is -0.138. The molecule has 1 aromatic heterocycles. The number of rotatable bonds is 5. The molecular weight excluding hydrogens is 222 g/mol. The molecule has 1 aromatic rings. The van der Waals surface area contributed by atoms with Crippen LogP contribution in [0.15, 0.2) is 18.3 Å². The molecule has 0 aliphatic heterocycles. The number of nitrogens with zero attached hydrogens (tertiary/aromatic N) is 1. The summed E-state index contributed by atoms with van der Waals surface area (Å²) in [7, 11) is 0. The molecule has 1 aliphatic carbocycles. The van der Waals surface area contributed by atoms with Crippen molar-refractivity contribution in [3.8, 4) is 0 Å². The number of aliphatic carboxylic acids is 1. The number of anilines is 1. The molecule has 2 rings (SSSR count). The second-order valence-corrected chi connectivity index (χ2v) is 4.06. The number of hydrogen-bond donors (Lipinski definition) is 3. The Labute approximate surface area is 97.8 Å². The third kappa shape index (κ3) is 2.52. The zero-order valence-corrected chi connectivity index (χ0v) is 9.09. The summed E-state index contributed by atoms with van der Waals surface area (Å²) in [5.74, 6) is -1.22. The van der Waals surface area contributed by atoms with Gasteiger partial charge in [0.25, 0.3) is 5.91 Å². The van der Waals surface area contributed by atoms with Crippen LogP contribution in [-0.4, -0.2) is 28.0 Å². The Hall–Kier alpha value is -2.11. The number of aromatic nitrogens is 1. The van der Waals surface area contributed by atoms with Gasteiger partial charge in [-0.1, -0.05) is 0 Å². The Morgan fingerprint density at radius 3 is 2.76 bits per heavy atom. The van der Waals surface area contributed by atoms with Gasteiger partial charge < -0.3 is 16.2 Å². The number of nitrogens with two attached hydrogens (primary N) is 1. The van der Waals surface area contributed by atoms with Gasteiger partial charge in [0.05, 0.1) is 5.56 Å². The van der Waals surface area contributed by atoms with Crippen molar-refractivity contribution >= 4 is 17.7 Å². The molecule has 4 N–H and O–H groups in total. The van der Waals surface area contributed by atoms with Crippen molar-refractivity contribution in [2.45, 2.75) is 18.9 Å². The largest absolute Gasteiger partial charge is 0.480 e. The second kappa shape index (κ2) is 4.40. The van der Waals surface area contributed by atoms with Gasteiger partial charge in [0, 0.05) is 6.20 Å². The van der Waals surface area contributed by atoms with Gasteiger partial charge in [-0.15, -0.1) is 0 Å². The maximum atomic E-state index is 11.2. The third-order valence-electron chi connectivity index (χ3n) is 2.72. The summed E-state index contributed by atoms with van der Waals surface area (Å²) in [6.45, 7) is 0. The third-order valence-corrected chi connectivity index (χ3v) is 2.72. The van der Waals surface area contributed by atoms with Crippen LogP contribution < -0.4 is 11.1 Å². The molecule has 0 spiro atoms. The summed E-state index contributed by atoms with van der Waals surface area (Å²) < 4.78 is 0. The van der Waals surface area contributed by atoms with Crippen LogP contribution in [0.2, 0.25) is 0 Å². The molecule has 0 bridgehead atoms. The van der Waals surface area contributed by atoms with Gasteiger partial charge in [-0.2, -0.15) is 0 Å². The lowest BCUT2D eigenvalue weighted by Crippen LogP contribution is -2.32. The van der Waals surface area contributed by atoms with E-state index in [1.54, 1.807) is 6.07 Å². The average molecular weight is 235 g/mol. The van der Waals surface area contributed by atoms with Crippen LogP contribution in [-0.2, 0) is 4.79 Å². The number of carboxylic acids is 1. The highest BCUT2D eigenvalue weighted by molar-refractivity contribution is 5.98. The second-order valence-electron chi connectivity index (χ2n) is 4.06. The smallest absolute Gasteiger partial charge is 0.326 e. The van der Waals surface area contributed by atoms with Crippen molar-refractivity contribution in [2.24, 2.45) is 11.7 Å². The molecule has 0 radical (unpaired) electrons. The molecule has 1 heterocycles. The van der Waals surface area contributed by atoms with E-state index >= 15 is 0 Å². The van der Waals surface area contributed by atoms with Gasteiger partial charge in [-0.25, -0.2) is 9.78 Å². The predicted octanol–water partition coefficient (Wildman–Crippen LogP) is 0.456. The molecule has 6 nitrogen and oxygen atoms in total. The monoisotopic (exact) mass is 235 g/mol. The van der Waals surface area contributed by atoms with E-state index in [-0.39, 0.29) is 17.3 Å². The highest BCUT2D eigenvalue weighted by Crippen LogP contribution is 2.34. The first-order valence-electron chi connectivity index (χ1n) is 5.33. The van der Waals surface area contributed by atoms with Crippen molar-refractivity contribution < 1.29 is 14.7 Å². The molecule has 1 unspecified atom stereocenters. The normalized spacial score (nSPS) is 16.2. The van der Waals surface area contributed by atoms with E-state index in [2.05, 4.69) is 10.3 Å². The number of amides is 1. The summed E-state index contributed by atoms with van der Waals surface area (Å²) >= 11 is 0. The summed E-state index contributed by atoms with van der Waals surface area (Å²) in [5, 5.41) is 11.8. The number of primary amides is 1. The molecule has 0 saturated heterocycles. The number of carboxylic acid groups (broad SMARTS) is 1. The summed E-state index contributed by atoms with van der Waals surface area (Å²) in [6, 6.07) is 2.39. The number of hydrogen-bond acceptors (Lipinski definition) is 4. The minimum Gasteiger partial charge on any atom is -0.480 e. The average Bonchev–Trinajstić information content (AvgIpc) is 3.09. The van der Waals surface area contributed by atoms with E-state index in [9.17, 15) is 9.59 Å². The van der Waals surface area contributed by atoms with Gasteiger partial charge in [-0.05, 0) is 30.9 Å². The maximum absolute atomic E-state index is 11.2. The molecule has 1 amide bonds. The van der Waals surface area contributed by atoms with E-state index in [0.29, 0.717) is 0 Å². The maximum Gasteiger partial charge on any atom is 0.326 e. The molecular formula is C11H13N3O3. The fraction of sp³-hybridized carbons (Fsp3) is 0.364. The minimum atomic E-state index is -0.937. The topological polar surface area (TPSA) is 105 Å². The van der Waals surface area contributed by atoms with E-state index in [1.807, 2.05) is 0 Å². The van der Waals surface area contributed by atoms with Crippen molar-refractivity contribution in [2.75, 3.05) is 5.32 Å². The highest BCUT2D eigenvalue weighted by Gasteiger charge is 2.36. The minimum absolute atomic E-state index is 0.107. The van der Waals surface area contributed by atoms with Gasteiger partial charge in [0.1, 0.15) is 11.9 Å². The molecule has 1 atom stereocenters. The number of carbonyl (C=O) groups excluding carboxylic acids is 1. The van der Waals surface area contributed by atoms with Crippen molar-refractivity contribution in [3.63, 3.8) is 0 Å². The van der Waals surface area contributed by atoms with Gasteiger partial charge >= 0.3 is 5.97 Å². The standard InChI is InChI=1S/C11H13N3O3/c12-9(15)7-2-1-5-13-10(7)14-8(11(16)17)6-3-4-6/h1-2,5-6,8H,3-4H2,(H2,12,15)(H,13,14)(H,16,17). The summed E-state index contributed by atoms with van der Waals surface area (Å²) in [5.41, 5.74) is 5.40. The summed E-state index contributed by atoms with van der Waals surface area (Å²) in [4.78, 5) is 26.2. The quantitative estimate of drug-likeness (QED) is 0.687.